The summed E-state index contributed by atoms with van der Waals surface area (Å²) < 4.78 is 5.36. The van der Waals surface area contributed by atoms with Crippen LogP contribution in [-0.4, -0.2) is 49.6 Å². The number of ether oxygens (including phenoxy) is 1. The Kier molecular flexibility index (Phi) is 9.74. The van der Waals surface area contributed by atoms with E-state index in [1.54, 1.807) is 7.11 Å². The summed E-state index contributed by atoms with van der Waals surface area (Å²) in [6.45, 7) is 15.7. The molecule has 1 heterocycles. The Morgan fingerprint density at radius 3 is 2.36 bits per heavy atom. The van der Waals surface area contributed by atoms with Crippen molar-refractivity contribution in [3.8, 4) is 5.75 Å². The van der Waals surface area contributed by atoms with E-state index >= 15 is 0 Å². The molecule has 0 spiro atoms. The van der Waals surface area contributed by atoms with E-state index in [0.717, 1.165) is 31.0 Å². The van der Waals surface area contributed by atoms with Crippen molar-refractivity contribution in [2.45, 2.75) is 25.8 Å². The molecule has 2 aromatic carbocycles. The summed E-state index contributed by atoms with van der Waals surface area (Å²) in [6.07, 6.45) is 10.8. The molecule has 33 heavy (non-hydrogen) atoms. The van der Waals surface area contributed by atoms with Gasteiger partial charge >= 0.3 is 0 Å². The van der Waals surface area contributed by atoms with E-state index < -0.39 is 0 Å². The molecule has 0 aromatic heterocycles. The lowest BCUT2D eigenvalue weighted by Crippen LogP contribution is -2.35. The maximum absolute atomic E-state index is 5.36. The largest absolute Gasteiger partial charge is 0.497 e. The van der Waals surface area contributed by atoms with Crippen LogP contribution in [0.3, 0.4) is 0 Å². The molecule has 1 aliphatic heterocycles. The van der Waals surface area contributed by atoms with Crippen molar-refractivity contribution in [3.63, 3.8) is 0 Å². The van der Waals surface area contributed by atoms with Gasteiger partial charge in [-0.25, -0.2) is 0 Å². The molecule has 174 valence electrons. The highest BCUT2D eigenvalue weighted by molar-refractivity contribution is 5.82. The Bertz CT molecular complexity index is 937. The van der Waals surface area contributed by atoms with Crippen LogP contribution in [0.15, 0.2) is 97.6 Å². The SMILES string of the molecule is C=C/C=C(C=C)/C(=C/CN(CCN1CCCC1)C(C)c1ccc(OC)cc1)c1ccccc1. The number of hydrogen-bond donors (Lipinski definition) is 0. The molecule has 3 nitrogen and oxygen atoms in total. The second kappa shape index (κ2) is 13.0. The Hall–Kier alpha value is -2.88. The summed E-state index contributed by atoms with van der Waals surface area (Å²) in [4.78, 5) is 5.15. The molecule has 3 heteroatoms. The van der Waals surface area contributed by atoms with Gasteiger partial charge in [0.2, 0.25) is 0 Å². The highest BCUT2D eigenvalue weighted by atomic mass is 16.5. The van der Waals surface area contributed by atoms with Crippen molar-refractivity contribution in [2.24, 2.45) is 0 Å². The van der Waals surface area contributed by atoms with E-state index in [0.29, 0.717) is 6.04 Å². The molecular weight excluding hydrogens is 404 g/mol. The van der Waals surface area contributed by atoms with Crippen LogP contribution >= 0.6 is 0 Å². The van der Waals surface area contributed by atoms with Crippen molar-refractivity contribution < 1.29 is 4.74 Å². The lowest BCUT2D eigenvalue weighted by molar-refractivity contribution is 0.197. The van der Waals surface area contributed by atoms with Crippen molar-refractivity contribution >= 4 is 5.57 Å². The van der Waals surface area contributed by atoms with Gasteiger partial charge in [-0.05, 0) is 67.3 Å². The third-order valence-electron chi connectivity index (χ3n) is 6.49. The summed E-state index contributed by atoms with van der Waals surface area (Å²) in [6, 6.07) is 19.3. The van der Waals surface area contributed by atoms with Crippen LogP contribution in [-0.2, 0) is 0 Å². The standard InChI is InChI=1S/C30H38N2O/c1-5-12-26(6-2)30(28-13-8-7-9-14-28)19-22-32(24-23-31-20-10-11-21-31)25(3)27-15-17-29(33-4)18-16-27/h5-9,12-19,25H,1-2,10-11,20-24H2,3-4H3/b26-12+,30-19-. The van der Waals surface area contributed by atoms with Crippen LogP contribution in [0.25, 0.3) is 5.57 Å². The first-order valence-corrected chi connectivity index (χ1v) is 12.0. The summed E-state index contributed by atoms with van der Waals surface area (Å²) in [5.41, 5.74) is 4.78. The van der Waals surface area contributed by atoms with Crippen LogP contribution in [0.2, 0.25) is 0 Å². The van der Waals surface area contributed by atoms with E-state index in [1.807, 2.05) is 18.2 Å². The number of benzene rings is 2. The second-order valence-corrected chi connectivity index (χ2v) is 8.54. The average molecular weight is 443 g/mol. The maximum Gasteiger partial charge on any atom is 0.118 e. The minimum atomic E-state index is 0.294. The fourth-order valence-corrected chi connectivity index (χ4v) is 4.44. The molecule has 0 amide bonds. The van der Waals surface area contributed by atoms with Gasteiger partial charge in [-0.1, -0.05) is 79.9 Å². The quantitative estimate of drug-likeness (QED) is 0.347. The van der Waals surface area contributed by atoms with Gasteiger partial charge in [0.25, 0.3) is 0 Å². The van der Waals surface area contributed by atoms with E-state index in [9.17, 15) is 0 Å². The normalized spacial score (nSPS) is 16.1. The zero-order chi connectivity index (χ0) is 23.5. The molecule has 1 fully saturated rings. The van der Waals surface area contributed by atoms with Gasteiger partial charge in [0, 0.05) is 25.7 Å². The van der Waals surface area contributed by atoms with Gasteiger partial charge < -0.3 is 9.64 Å². The first-order chi connectivity index (χ1) is 16.2. The highest BCUT2D eigenvalue weighted by Crippen LogP contribution is 2.27. The van der Waals surface area contributed by atoms with E-state index in [4.69, 9.17) is 4.74 Å². The number of nitrogens with zero attached hydrogens (tertiary/aromatic N) is 2. The van der Waals surface area contributed by atoms with Crippen molar-refractivity contribution in [2.75, 3.05) is 39.8 Å². The predicted octanol–water partition coefficient (Wildman–Crippen LogP) is 6.54. The number of methoxy groups -OCH3 is 1. The molecule has 0 bridgehead atoms. The third kappa shape index (κ3) is 7.05. The molecular formula is C30H38N2O. The highest BCUT2D eigenvalue weighted by Gasteiger charge is 2.19. The zero-order valence-corrected chi connectivity index (χ0v) is 20.2. The first-order valence-electron chi connectivity index (χ1n) is 12.0. The topological polar surface area (TPSA) is 15.7 Å². The molecule has 1 saturated heterocycles. The summed E-state index contributed by atoms with van der Waals surface area (Å²) in [7, 11) is 1.71. The van der Waals surface area contributed by atoms with Crippen molar-refractivity contribution in [1.82, 2.24) is 9.80 Å². The number of rotatable bonds is 12. The third-order valence-corrected chi connectivity index (χ3v) is 6.49. The van der Waals surface area contributed by atoms with Crippen molar-refractivity contribution in [1.29, 1.82) is 0 Å². The lowest BCUT2D eigenvalue weighted by atomic mass is 9.96. The van der Waals surface area contributed by atoms with Gasteiger partial charge in [0.05, 0.1) is 7.11 Å². The molecule has 1 aliphatic rings. The summed E-state index contributed by atoms with van der Waals surface area (Å²) in [5, 5.41) is 0. The van der Waals surface area contributed by atoms with Gasteiger partial charge in [-0.15, -0.1) is 0 Å². The molecule has 1 atom stereocenters. The Labute approximate surface area is 200 Å². The Morgan fingerprint density at radius 2 is 1.76 bits per heavy atom. The molecule has 3 rings (SSSR count). The fourth-order valence-electron chi connectivity index (χ4n) is 4.44. The Morgan fingerprint density at radius 1 is 1.06 bits per heavy atom. The number of allylic oxidation sites excluding steroid dienone is 5. The minimum Gasteiger partial charge on any atom is -0.497 e. The molecule has 0 saturated carbocycles. The van der Waals surface area contributed by atoms with E-state index in [1.165, 1.54) is 42.6 Å². The molecule has 0 radical (unpaired) electrons. The summed E-state index contributed by atoms with van der Waals surface area (Å²) >= 11 is 0. The molecule has 0 N–H and O–H groups in total. The van der Waals surface area contributed by atoms with Crippen LogP contribution in [0.5, 0.6) is 5.75 Å². The van der Waals surface area contributed by atoms with Crippen LogP contribution in [0.4, 0.5) is 0 Å². The first kappa shape index (κ1) is 24.8. The molecule has 1 unspecified atom stereocenters. The monoisotopic (exact) mass is 442 g/mol. The zero-order valence-electron chi connectivity index (χ0n) is 20.2. The maximum atomic E-state index is 5.36. The fraction of sp³-hybridized carbons (Fsp3) is 0.333. The number of hydrogen-bond acceptors (Lipinski definition) is 3. The minimum absolute atomic E-state index is 0.294. The van der Waals surface area contributed by atoms with Crippen LogP contribution in [0, 0.1) is 0 Å². The molecule has 0 aliphatic carbocycles. The average Bonchev–Trinajstić information content (AvgIpc) is 3.39. The van der Waals surface area contributed by atoms with Crippen molar-refractivity contribution in [3.05, 3.63) is 109 Å². The van der Waals surface area contributed by atoms with E-state index in [2.05, 4.69) is 90.6 Å². The Balaban J connectivity index is 1.87. The van der Waals surface area contributed by atoms with Gasteiger partial charge in [0.1, 0.15) is 5.75 Å². The van der Waals surface area contributed by atoms with Crippen LogP contribution in [0.1, 0.15) is 36.9 Å². The van der Waals surface area contributed by atoms with E-state index in [-0.39, 0.29) is 0 Å². The summed E-state index contributed by atoms with van der Waals surface area (Å²) in [5.74, 6) is 0.894. The van der Waals surface area contributed by atoms with Crippen LogP contribution < -0.4 is 4.74 Å². The van der Waals surface area contributed by atoms with Gasteiger partial charge in [-0.2, -0.15) is 0 Å². The predicted molar refractivity (Wildman–Crippen MR) is 142 cm³/mol. The lowest BCUT2D eigenvalue weighted by Gasteiger charge is -2.31. The smallest absolute Gasteiger partial charge is 0.118 e. The second-order valence-electron chi connectivity index (χ2n) is 8.54. The molecule has 2 aromatic rings. The van der Waals surface area contributed by atoms with Gasteiger partial charge in [0.15, 0.2) is 0 Å². The number of likely N-dealkylation sites (tertiary alicyclic amines) is 1. The van der Waals surface area contributed by atoms with Gasteiger partial charge in [-0.3, -0.25) is 4.90 Å².